The predicted octanol–water partition coefficient (Wildman–Crippen LogP) is 3.50. The number of hydrogen-bond acceptors (Lipinski definition) is 4. The van der Waals surface area contributed by atoms with E-state index in [9.17, 15) is 22.8 Å². The molecule has 1 heterocycles. The number of nitrogens with one attached hydrogen (secondary N) is 1. The molecular formula is C21H20F3N3O3. The highest BCUT2D eigenvalue weighted by atomic mass is 19.4. The van der Waals surface area contributed by atoms with Crippen LogP contribution in [0.2, 0.25) is 0 Å². The molecule has 1 aliphatic rings. The standard InChI is InChI=1S/C21H20F3N3O3/c1-27-12-16(13-7-5-8-15(10-13)21(22,23)24)18(20(27)29)19(28)26-17-9-4-3-6-14(17)11-25-30-2/h3-11,16,18H,12H2,1-2H3,(H,26,28)/b25-11+/t16-,18+/m1/s1. The van der Waals surface area contributed by atoms with E-state index < -0.39 is 35.4 Å². The minimum Gasteiger partial charge on any atom is -0.399 e. The van der Waals surface area contributed by atoms with E-state index in [0.717, 1.165) is 12.1 Å². The molecule has 6 nitrogen and oxygen atoms in total. The molecule has 0 aliphatic carbocycles. The normalized spacial score (nSPS) is 19.4. The van der Waals surface area contributed by atoms with Crippen LogP contribution in [0, 0.1) is 5.92 Å². The SMILES string of the molecule is CO/N=C/c1ccccc1NC(=O)[C@H]1C(=O)N(C)C[C@@H]1c1cccc(C(F)(F)F)c1. The minimum absolute atomic E-state index is 0.144. The Morgan fingerprint density at radius 3 is 2.67 bits per heavy atom. The topological polar surface area (TPSA) is 71.0 Å². The number of alkyl halides is 3. The number of likely N-dealkylation sites (tertiary alicyclic amines) is 1. The van der Waals surface area contributed by atoms with E-state index in [1.54, 1.807) is 24.3 Å². The maximum absolute atomic E-state index is 13.1. The third-order valence-electron chi connectivity index (χ3n) is 4.96. The van der Waals surface area contributed by atoms with Crippen LogP contribution in [0.25, 0.3) is 0 Å². The molecule has 1 fully saturated rings. The number of anilines is 1. The molecule has 9 heteroatoms. The van der Waals surface area contributed by atoms with Gasteiger partial charge in [-0.25, -0.2) is 0 Å². The summed E-state index contributed by atoms with van der Waals surface area (Å²) in [5, 5.41) is 6.37. The molecule has 2 atom stereocenters. The molecule has 0 spiro atoms. The molecule has 0 unspecified atom stereocenters. The summed E-state index contributed by atoms with van der Waals surface area (Å²) in [5.74, 6) is -2.89. The van der Waals surface area contributed by atoms with Crippen molar-refractivity contribution in [2.45, 2.75) is 12.1 Å². The second-order valence-corrected chi connectivity index (χ2v) is 6.92. The van der Waals surface area contributed by atoms with Gasteiger partial charge in [0.1, 0.15) is 13.0 Å². The smallest absolute Gasteiger partial charge is 0.399 e. The Morgan fingerprint density at radius 2 is 1.97 bits per heavy atom. The van der Waals surface area contributed by atoms with E-state index in [1.807, 2.05) is 0 Å². The average Bonchev–Trinajstić information content (AvgIpc) is 3.01. The van der Waals surface area contributed by atoms with E-state index in [-0.39, 0.29) is 12.1 Å². The lowest BCUT2D eigenvalue weighted by molar-refractivity contribution is -0.137. The fourth-order valence-corrected chi connectivity index (χ4v) is 3.48. The van der Waals surface area contributed by atoms with Gasteiger partial charge in [-0.05, 0) is 17.7 Å². The molecule has 2 amide bonds. The van der Waals surface area contributed by atoms with Crippen molar-refractivity contribution in [3.63, 3.8) is 0 Å². The highest BCUT2D eigenvalue weighted by Gasteiger charge is 2.45. The van der Waals surface area contributed by atoms with Crippen molar-refractivity contribution in [2.24, 2.45) is 11.1 Å². The number of hydrogen-bond donors (Lipinski definition) is 1. The lowest BCUT2D eigenvalue weighted by Crippen LogP contribution is -2.33. The molecule has 0 aromatic heterocycles. The van der Waals surface area contributed by atoms with Gasteiger partial charge in [0.25, 0.3) is 0 Å². The Balaban J connectivity index is 1.91. The summed E-state index contributed by atoms with van der Waals surface area (Å²) >= 11 is 0. The van der Waals surface area contributed by atoms with Crippen molar-refractivity contribution in [2.75, 3.05) is 26.0 Å². The summed E-state index contributed by atoms with van der Waals surface area (Å²) in [7, 11) is 2.90. The van der Waals surface area contributed by atoms with Gasteiger partial charge in [0.05, 0.1) is 11.8 Å². The third-order valence-corrected chi connectivity index (χ3v) is 4.96. The number of oxime groups is 1. The first kappa shape index (κ1) is 21.4. The van der Waals surface area contributed by atoms with Crippen molar-refractivity contribution < 1.29 is 27.6 Å². The van der Waals surface area contributed by atoms with Gasteiger partial charge < -0.3 is 15.1 Å². The van der Waals surface area contributed by atoms with Crippen molar-refractivity contribution in [3.8, 4) is 0 Å². The van der Waals surface area contributed by atoms with Gasteiger partial charge in [0.15, 0.2) is 0 Å². The molecule has 1 saturated heterocycles. The summed E-state index contributed by atoms with van der Waals surface area (Å²) in [6, 6.07) is 11.5. The monoisotopic (exact) mass is 419 g/mol. The lowest BCUT2D eigenvalue weighted by Gasteiger charge is -2.19. The molecule has 0 radical (unpaired) electrons. The average molecular weight is 419 g/mol. The fraction of sp³-hybridized carbons (Fsp3) is 0.286. The molecule has 2 aromatic carbocycles. The van der Waals surface area contributed by atoms with Gasteiger partial charge in [0.2, 0.25) is 11.8 Å². The highest BCUT2D eigenvalue weighted by molar-refractivity contribution is 6.09. The summed E-state index contributed by atoms with van der Waals surface area (Å²) in [4.78, 5) is 31.7. The Kier molecular flexibility index (Phi) is 6.09. The molecule has 158 valence electrons. The number of amides is 2. The van der Waals surface area contributed by atoms with Crippen molar-refractivity contribution in [1.29, 1.82) is 0 Å². The van der Waals surface area contributed by atoms with Gasteiger partial charge in [0, 0.05) is 30.8 Å². The van der Waals surface area contributed by atoms with Gasteiger partial charge in [-0.1, -0.05) is 41.6 Å². The Morgan fingerprint density at radius 1 is 1.23 bits per heavy atom. The number of rotatable bonds is 5. The van der Waals surface area contributed by atoms with Gasteiger partial charge in [-0.15, -0.1) is 0 Å². The Labute approximate surface area is 171 Å². The number of para-hydroxylation sites is 1. The number of carbonyl (C=O) groups is 2. The van der Waals surface area contributed by atoms with E-state index in [2.05, 4.69) is 15.3 Å². The van der Waals surface area contributed by atoms with Crippen molar-refractivity contribution >= 4 is 23.7 Å². The van der Waals surface area contributed by atoms with Crippen LogP contribution in [-0.2, 0) is 20.6 Å². The third kappa shape index (κ3) is 4.45. The molecule has 0 bridgehead atoms. The summed E-state index contributed by atoms with van der Waals surface area (Å²) < 4.78 is 39.4. The highest BCUT2D eigenvalue weighted by Crippen LogP contribution is 2.37. The summed E-state index contributed by atoms with van der Waals surface area (Å²) in [5.41, 5.74) is 0.440. The van der Waals surface area contributed by atoms with Crippen LogP contribution in [0.3, 0.4) is 0 Å². The molecule has 1 aliphatic heterocycles. The van der Waals surface area contributed by atoms with Crippen LogP contribution < -0.4 is 5.32 Å². The van der Waals surface area contributed by atoms with Gasteiger partial charge in [-0.2, -0.15) is 13.2 Å². The number of likely N-dealkylation sites (N-methyl/N-ethyl adjacent to an activating group) is 1. The largest absolute Gasteiger partial charge is 0.416 e. The second-order valence-electron chi connectivity index (χ2n) is 6.92. The fourth-order valence-electron chi connectivity index (χ4n) is 3.48. The Bertz CT molecular complexity index is 975. The van der Waals surface area contributed by atoms with Crippen LogP contribution >= 0.6 is 0 Å². The van der Waals surface area contributed by atoms with Crippen molar-refractivity contribution in [1.82, 2.24) is 4.90 Å². The van der Waals surface area contributed by atoms with Gasteiger partial charge >= 0.3 is 6.18 Å². The summed E-state index contributed by atoms with van der Waals surface area (Å²) in [6.45, 7) is 0.144. The number of nitrogens with zero attached hydrogens (tertiary/aromatic N) is 2. The van der Waals surface area contributed by atoms with Crippen molar-refractivity contribution in [3.05, 3.63) is 65.2 Å². The molecule has 0 saturated carbocycles. The molecule has 30 heavy (non-hydrogen) atoms. The van der Waals surface area contributed by atoms with Crippen LogP contribution in [0.1, 0.15) is 22.6 Å². The van der Waals surface area contributed by atoms with E-state index in [0.29, 0.717) is 11.3 Å². The van der Waals surface area contributed by atoms with Crippen LogP contribution in [0.4, 0.5) is 18.9 Å². The zero-order valence-corrected chi connectivity index (χ0v) is 16.3. The molecule has 3 rings (SSSR count). The lowest BCUT2D eigenvalue weighted by atomic mass is 9.87. The number of carbonyl (C=O) groups excluding carboxylic acids is 2. The maximum Gasteiger partial charge on any atom is 0.416 e. The summed E-state index contributed by atoms with van der Waals surface area (Å²) in [6.07, 6.45) is -3.11. The predicted molar refractivity (Wildman–Crippen MR) is 105 cm³/mol. The van der Waals surface area contributed by atoms with Gasteiger partial charge in [-0.3, -0.25) is 9.59 Å². The molecular weight excluding hydrogens is 399 g/mol. The quantitative estimate of drug-likeness (QED) is 0.458. The molecule has 2 aromatic rings. The van der Waals surface area contributed by atoms with E-state index in [4.69, 9.17) is 0 Å². The van der Waals surface area contributed by atoms with E-state index in [1.165, 1.54) is 37.4 Å². The van der Waals surface area contributed by atoms with Crippen LogP contribution in [-0.4, -0.2) is 43.6 Å². The van der Waals surface area contributed by atoms with E-state index >= 15 is 0 Å². The van der Waals surface area contributed by atoms with Crippen LogP contribution in [0.15, 0.2) is 53.7 Å². The maximum atomic E-state index is 13.1. The zero-order valence-electron chi connectivity index (χ0n) is 16.3. The first-order valence-electron chi connectivity index (χ1n) is 9.11. The first-order chi connectivity index (χ1) is 14.2. The van der Waals surface area contributed by atoms with Crippen LogP contribution in [0.5, 0.6) is 0 Å². The second kappa shape index (κ2) is 8.56. The minimum atomic E-state index is -4.51. The zero-order chi connectivity index (χ0) is 21.9. The first-order valence-corrected chi connectivity index (χ1v) is 9.11. The Hall–Kier alpha value is -3.36. The molecule has 1 N–H and O–H groups in total. The number of benzene rings is 2. The number of halogens is 3.